The smallest absolute Gasteiger partial charge is 0.143 e. The fourth-order valence-electron chi connectivity index (χ4n) is 2.05. The lowest BCUT2D eigenvalue weighted by molar-refractivity contribution is 0.348. The van der Waals surface area contributed by atoms with Crippen LogP contribution in [-0.4, -0.2) is 6.61 Å². The van der Waals surface area contributed by atoms with E-state index in [4.69, 9.17) is 4.74 Å². The first-order valence-corrected chi connectivity index (χ1v) is 6.35. The van der Waals surface area contributed by atoms with Gasteiger partial charge >= 0.3 is 0 Å². The second-order valence-corrected chi connectivity index (χ2v) is 5.12. The van der Waals surface area contributed by atoms with E-state index in [9.17, 15) is 0 Å². The van der Waals surface area contributed by atoms with Crippen molar-refractivity contribution < 1.29 is 4.74 Å². The Hall–Kier alpha value is -0.870. The zero-order valence-electron chi connectivity index (χ0n) is 8.69. The van der Waals surface area contributed by atoms with Crippen LogP contribution in [0.3, 0.4) is 0 Å². The first-order valence-electron chi connectivity index (χ1n) is 5.27. The van der Waals surface area contributed by atoms with E-state index in [-0.39, 0.29) is 5.60 Å². The van der Waals surface area contributed by atoms with Gasteiger partial charge in [-0.1, -0.05) is 48.5 Å². The van der Waals surface area contributed by atoms with Crippen LogP contribution in [0.1, 0.15) is 11.1 Å². The third-order valence-electron chi connectivity index (χ3n) is 2.98. The quantitative estimate of drug-likeness (QED) is 0.608. The summed E-state index contributed by atoms with van der Waals surface area (Å²) < 4.78 is 7.01. The van der Waals surface area contributed by atoms with Gasteiger partial charge in [0.25, 0.3) is 0 Å². The topological polar surface area (TPSA) is 12.5 Å². The van der Waals surface area contributed by atoms with Gasteiger partial charge in [-0.2, -0.15) is 0 Å². The van der Waals surface area contributed by atoms with Crippen LogP contribution in [-0.2, 0) is 10.3 Å². The molecule has 16 heavy (non-hydrogen) atoms. The molecule has 0 spiro atoms. The third-order valence-corrected chi connectivity index (χ3v) is 3.92. The van der Waals surface area contributed by atoms with Crippen LogP contribution >= 0.6 is 22.6 Å². The molecule has 0 saturated carbocycles. The normalized spacial score (nSPS) is 23.1. The molecule has 0 radical (unpaired) electrons. The maximum atomic E-state index is 5.74. The number of epoxide rings is 1. The van der Waals surface area contributed by atoms with E-state index >= 15 is 0 Å². The van der Waals surface area contributed by atoms with Crippen molar-refractivity contribution in [1.82, 2.24) is 0 Å². The molecule has 1 aliphatic heterocycles. The van der Waals surface area contributed by atoms with Crippen molar-refractivity contribution in [2.45, 2.75) is 5.60 Å². The molecule has 0 N–H and O–H groups in total. The van der Waals surface area contributed by atoms with E-state index in [0.717, 1.165) is 6.61 Å². The summed E-state index contributed by atoms with van der Waals surface area (Å²) in [4.78, 5) is 0. The summed E-state index contributed by atoms with van der Waals surface area (Å²) in [6.07, 6.45) is 0. The Labute approximate surface area is 109 Å². The van der Waals surface area contributed by atoms with E-state index in [2.05, 4.69) is 71.1 Å². The first-order chi connectivity index (χ1) is 7.83. The molecule has 0 aromatic heterocycles. The largest absolute Gasteiger partial charge is 0.359 e. The molecule has 1 saturated heterocycles. The van der Waals surface area contributed by atoms with Crippen molar-refractivity contribution in [2.75, 3.05) is 6.61 Å². The van der Waals surface area contributed by atoms with E-state index in [1.165, 1.54) is 14.7 Å². The van der Waals surface area contributed by atoms with Gasteiger partial charge in [-0.15, -0.1) is 0 Å². The van der Waals surface area contributed by atoms with Crippen molar-refractivity contribution in [1.29, 1.82) is 0 Å². The third kappa shape index (κ3) is 1.57. The molecule has 80 valence electrons. The summed E-state index contributed by atoms with van der Waals surface area (Å²) in [6, 6.07) is 18.9. The van der Waals surface area contributed by atoms with Gasteiger partial charge in [-0.05, 0) is 34.2 Å². The summed E-state index contributed by atoms with van der Waals surface area (Å²) in [5.74, 6) is 0. The summed E-state index contributed by atoms with van der Waals surface area (Å²) >= 11 is 2.37. The highest BCUT2D eigenvalue weighted by atomic mass is 127. The number of halogens is 1. The van der Waals surface area contributed by atoms with Crippen molar-refractivity contribution in [3.63, 3.8) is 0 Å². The second-order valence-electron chi connectivity index (χ2n) is 3.96. The van der Waals surface area contributed by atoms with Gasteiger partial charge in [0.15, 0.2) is 0 Å². The minimum atomic E-state index is -0.182. The van der Waals surface area contributed by atoms with Gasteiger partial charge in [0, 0.05) is 9.13 Å². The molecule has 0 aliphatic carbocycles. The van der Waals surface area contributed by atoms with Crippen LogP contribution in [0.5, 0.6) is 0 Å². The Kier molecular flexibility index (Phi) is 2.48. The average Bonchev–Trinajstić information content (AvgIpc) is 3.12. The summed E-state index contributed by atoms with van der Waals surface area (Å²) in [6.45, 7) is 0.789. The number of ether oxygens (including phenoxy) is 1. The Morgan fingerprint density at radius 3 is 2.19 bits per heavy atom. The SMILES string of the molecule is Ic1ccccc1C1(c2ccccc2)CO1. The summed E-state index contributed by atoms with van der Waals surface area (Å²) in [5.41, 5.74) is 2.35. The van der Waals surface area contributed by atoms with Gasteiger partial charge in [-0.3, -0.25) is 0 Å². The van der Waals surface area contributed by atoms with Crippen LogP contribution in [0.2, 0.25) is 0 Å². The van der Waals surface area contributed by atoms with Gasteiger partial charge < -0.3 is 4.74 Å². The average molecular weight is 322 g/mol. The molecule has 2 aromatic rings. The van der Waals surface area contributed by atoms with Crippen molar-refractivity contribution in [2.24, 2.45) is 0 Å². The Bertz CT molecular complexity index is 503. The molecule has 1 nitrogen and oxygen atoms in total. The van der Waals surface area contributed by atoms with Crippen molar-refractivity contribution >= 4 is 22.6 Å². The maximum Gasteiger partial charge on any atom is 0.143 e. The predicted molar refractivity (Wildman–Crippen MR) is 72.3 cm³/mol. The second kappa shape index (κ2) is 3.86. The molecule has 2 aromatic carbocycles. The number of benzene rings is 2. The molecule has 1 heterocycles. The lowest BCUT2D eigenvalue weighted by Crippen LogP contribution is -2.12. The van der Waals surface area contributed by atoms with Crippen molar-refractivity contribution in [3.05, 3.63) is 69.3 Å². The zero-order chi connectivity index (χ0) is 11.0. The van der Waals surface area contributed by atoms with Crippen LogP contribution < -0.4 is 0 Å². The van der Waals surface area contributed by atoms with E-state index in [1.54, 1.807) is 0 Å². The van der Waals surface area contributed by atoms with Crippen LogP contribution in [0.15, 0.2) is 54.6 Å². The van der Waals surface area contributed by atoms with Gasteiger partial charge in [0.1, 0.15) is 5.60 Å². The molecule has 1 fully saturated rings. The standard InChI is InChI=1S/C14H11IO/c15-13-9-5-4-8-12(13)14(10-16-14)11-6-2-1-3-7-11/h1-9H,10H2. The molecule has 2 heteroatoms. The minimum absolute atomic E-state index is 0.182. The first kappa shape index (κ1) is 10.3. The van der Waals surface area contributed by atoms with Crippen LogP contribution in [0, 0.1) is 3.57 Å². The zero-order valence-corrected chi connectivity index (χ0v) is 10.8. The Balaban J connectivity index is 2.11. The Morgan fingerprint density at radius 2 is 1.56 bits per heavy atom. The predicted octanol–water partition coefficient (Wildman–Crippen LogP) is 3.57. The highest BCUT2D eigenvalue weighted by molar-refractivity contribution is 14.1. The maximum absolute atomic E-state index is 5.74. The van der Waals surface area contributed by atoms with E-state index in [0.29, 0.717) is 0 Å². The monoisotopic (exact) mass is 322 g/mol. The molecule has 1 unspecified atom stereocenters. The number of hydrogen-bond acceptors (Lipinski definition) is 1. The molecule has 3 rings (SSSR count). The summed E-state index contributed by atoms with van der Waals surface area (Å²) in [7, 11) is 0. The van der Waals surface area contributed by atoms with E-state index < -0.39 is 0 Å². The Morgan fingerprint density at radius 1 is 0.938 bits per heavy atom. The molecule has 0 bridgehead atoms. The molecule has 1 atom stereocenters. The van der Waals surface area contributed by atoms with Crippen LogP contribution in [0.4, 0.5) is 0 Å². The van der Waals surface area contributed by atoms with Crippen molar-refractivity contribution in [3.8, 4) is 0 Å². The van der Waals surface area contributed by atoms with Gasteiger partial charge in [0.05, 0.1) is 6.61 Å². The molecular formula is C14H11IO. The van der Waals surface area contributed by atoms with Crippen LogP contribution in [0.25, 0.3) is 0 Å². The molecule has 0 amide bonds. The number of rotatable bonds is 2. The summed E-state index contributed by atoms with van der Waals surface area (Å²) in [5, 5.41) is 0. The number of hydrogen-bond donors (Lipinski definition) is 0. The highest BCUT2D eigenvalue weighted by Crippen LogP contribution is 2.46. The molecule has 1 aliphatic rings. The van der Waals surface area contributed by atoms with E-state index in [1.807, 2.05) is 6.07 Å². The lowest BCUT2D eigenvalue weighted by atomic mass is 9.92. The lowest BCUT2D eigenvalue weighted by Gasteiger charge is -2.14. The minimum Gasteiger partial charge on any atom is -0.359 e. The fourth-order valence-corrected chi connectivity index (χ4v) is 2.87. The van der Waals surface area contributed by atoms with Gasteiger partial charge in [0.2, 0.25) is 0 Å². The molecular weight excluding hydrogens is 311 g/mol. The highest BCUT2D eigenvalue weighted by Gasteiger charge is 2.49. The fraction of sp³-hybridized carbons (Fsp3) is 0.143. The van der Waals surface area contributed by atoms with Gasteiger partial charge in [-0.25, -0.2) is 0 Å².